The number of nitrogens with zero attached hydrogens (tertiary/aromatic N) is 3. The summed E-state index contributed by atoms with van der Waals surface area (Å²) < 4.78 is 10.4. The SMILES string of the molecule is CC(C)CC(=O)Cc1nc(N2CCOCC2)no1. The Bertz CT molecular complexity index is 397. The number of rotatable bonds is 5. The average molecular weight is 253 g/mol. The van der Waals surface area contributed by atoms with E-state index in [2.05, 4.69) is 10.1 Å². The lowest BCUT2D eigenvalue weighted by Gasteiger charge is -2.24. The van der Waals surface area contributed by atoms with Crippen molar-refractivity contribution < 1.29 is 14.1 Å². The molecule has 0 bridgehead atoms. The van der Waals surface area contributed by atoms with Crippen molar-refractivity contribution >= 4 is 11.7 Å². The quantitative estimate of drug-likeness (QED) is 0.781. The predicted molar refractivity (Wildman–Crippen MR) is 65.5 cm³/mol. The van der Waals surface area contributed by atoms with Crippen molar-refractivity contribution in [3.63, 3.8) is 0 Å². The smallest absolute Gasteiger partial charge is 0.266 e. The van der Waals surface area contributed by atoms with E-state index in [1.165, 1.54) is 0 Å². The molecule has 1 aromatic heterocycles. The van der Waals surface area contributed by atoms with Gasteiger partial charge in [-0.05, 0) is 11.1 Å². The Labute approximate surface area is 106 Å². The van der Waals surface area contributed by atoms with Gasteiger partial charge < -0.3 is 14.2 Å². The summed E-state index contributed by atoms with van der Waals surface area (Å²) >= 11 is 0. The second-order valence-electron chi connectivity index (χ2n) is 4.90. The highest BCUT2D eigenvalue weighted by Gasteiger charge is 2.18. The van der Waals surface area contributed by atoms with Gasteiger partial charge in [0.25, 0.3) is 5.95 Å². The minimum atomic E-state index is 0.141. The molecule has 0 saturated carbocycles. The van der Waals surface area contributed by atoms with Crippen molar-refractivity contribution in [2.45, 2.75) is 26.7 Å². The number of carbonyl (C=O) groups is 1. The monoisotopic (exact) mass is 253 g/mol. The normalized spacial score (nSPS) is 16.3. The number of ketones is 1. The van der Waals surface area contributed by atoms with E-state index in [9.17, 15) is 4.79 Å². The lowest BCUT2D eigenvalue weighted by Crippen LogP contribution is -2.36. The molecular formula is C12H19N3O3. The van der Waals surface area contributed by atoms with Crippen LogP contribution in [0.4, 0.5) is 5.95 Å². The van der Waals surface area contributed by atoms with Crippen molar-refractivity contribution in [3.8, 4) is 0 Å². The first-order valence-corrected chi connectivity index (χ1v) is 6.32. The molecule has 1 saturated heterocycles. The molecule has 0 atom stereocenters. The maximum atomic E-state index is 11.6. The molecule has 0 N–H and O–H groups in total. The summed E-state index contributed by atoms with van der Waals surface area (Å²) in [6, 6.07) is 0. The van der Waals surface area contributed by atoms with Gasteiger partial charge in [0, 0.05) is 19.5 Å². The number of Topliss-reactive ketones (excluding diaryl/α,β-unsaturated/α-hetero) is 1. The van der Waals surface area contributed by atoms with Gasteiger partial charge in [0.1, 0.15) is 5.78 Å². The zero-order valence-electron chi connectivity index (χ0n) is 10.9. The molecular weight excluding hydrogens is 234 g/mol. The maximum Gasteiger partial charge on any atom is 0.266 e. The summed E-state index contributed by atoms with van der Waals surface area (Å²) in [5, 5.41) is 3.90. The van der Waals surface area contributed by atoms with Crippen molar-refractivity contribution in [2.24, 2.45) is 5.92 Å². The summed E-state index contributed by atoms with van der Waals surface area (Å²) in [5.74, 6) is 1.47. The Morgan fingerprint density at radius 3 is 2.78 bits per heavy atom. The van der Waals surface area contributed by atoms with Crippen LogP contribution in [-0.4, -0.2) is 42.2 Å². The molecule has 6 heteroatoms. The van der Waals surface area contributed by atoms with Crippen molar-refractivity contribution in [1.82, 2.24) is 10.1 Å². The van der Waals surface area contributed by atoms with Crippen LogP contribution in [-0.2, 0) is 16.0 Å². The largest absolute Gasteiger partial charge is 0.378 e. The van der Waals surface area contributed by atoms with Crippen LogP contribution in [0.1, 0.15) is 26.2 Å². The molecule has 0 radical (unpaired) electrons. The Kier molecular flexibility index (Phi) is 4.30. The fourth-order valence-corrected chi connectivity index (χ4v) is 1.91. The molecule has 0 aromatic carbocycles. The summed E-state index contributed by atoms with van der Waals surface area (Å²) in [4.78, 5) is 17.9. The highest BCUT2D eigenvalue weighted by Crippen LogP contribution is 2.12. The van der Waals surface area contributed by atoms with Gasteiger partial charge in [-0.1, -0.05) is 13.8 Å². The summed E-state index contributed by atoms with van der Waals surface area (Å²) in [5.41, 5.74) is 0. The van der Waals surface area contributed by atoms with Gasteiger partial charge >= 0.3 is 0 Å². The fraction of sp³-hybridized carbons (Fsp3) is 0.750. The Morgan fingerprint density at radius 2 is 2.11 bits per heavy atom. The molecule has 1 aliphatic heterocycles. The third-order valence-corrected chi connectivity index (χ3v) is 2.74. The second kappa shape index (κ2) is 5.95. The van der Waals surface area contributed by atoms with E-state index in [1.807, 2.05) is 18.7 Å². The molecule has 2 rings (SSSR count). The fourth-order valence-electron chi connectivity index (χ4n) is 1.91. The zero-order chi connectivity index (χ0) is 13.0. The summed E-state index contributed by atoms with van der Waals surface area (Å²) in [6.45, 7) is 6.92. The number of hydrogen-bond acceptors (Lipinski definition) is 6. The lowest BCUT2D eigenvalue weighted by atomic mass is 10.1. The zero-order valence-corrected chi connectivity index (χ0v) is 10.9. The van der Waals surface area contributed by atoms with Crippen LogP contribution in [0, 0.1) is 5.92 Å². The van der Waals surface area contributed by atoms with Gasteiger partial charge in [0.05, 0.1) is 19.6 Å². The average Bonchev–Trinajstić information content (AvgIpc) is 2.77. The molecule has 0 amide bonds. The maximum absolute atomic E-state index is 11.6. The van der Waals surface area contributed by atoms with E-state index in [0.717, 1.165) is 13.1 Å². The molecule has 1 aliphatic rings. The van der Waals surface area contributed by atoms with Gasteiger partial charge in [-0.25, -0.2) is 0 Å². The summed E-state index contributed by atoms with van der Waals surface area (Å²) in [6.07, 6.45) is 0.783. The van der Waals surface area contributed by atoms with Crippen LogP contribution in [0.5, 0.6) is 0 Å². The molecule has 0 spiro atoms. The third-order valence-electron chi connectivity index (χ3n) is 2.74. The van der Waals surface area contributed by atoms with Crippen molar-refractivity contribution in [1.29, 1.82) is 0 Å². The van der Waals surface area contributed by atoms with Gasteiger partial charge in [0.15, 0.2) is 0 Å². The van der Waals surface area contributed by atoms with Crippen LogP contribution in [0.2, 0.25) is 0 Å². The van der Waals surface area contributed by atoms with Crippen LogP contribution >= 0.6 is 0 Å². The topological polar surface area (TPSA) is 68.5 Å². The Hall–Kier alpha value is -1.43. The third kappa shape index (κ3) is 3.53. The molecule has 100 valence electrons. The van der Waals surface area contributed by atoms with Crippen LogP contribution in [0.3, 0.4) is 0 Å². The first-order chi connectivity index (χ1) is 8.65. The van der Waals surface area contributed by atoms with Gasteiger partial charge in [0.2, 0.25) is 5.89 Å². The first-order valence-electron chi connectivity index (χ1n) is 6.32. The number of morpholine rings is 1. The van der Waals surface area contributed by atoms with E-state index in [1.54, 1.807) is 0 Å². The lowest BCUT2D eigenvalue weighted by molar-refractivity contribution is -0.119. The number of hydrogen-bond donors (Lipinski definition) is 0. The summed E-state index contributed by atoms with van der Waals surface area (Å²) in [7, 11) is 0. The van der Waals surface area contributed by atoms with Gasteiger partial charge in [-0.2, -0.15) is 4.98 Å². The number of anilines is 1. The molecule has 0 aliphatic carbocycles. The Balaban J connectivity index is 1.91. The van der Waals surface area contributed by atoms with E-state index in [0.29, 0.717) is 37.4 Å². The first kappa shape index (κ1) is 13.0. The minimum Gasteiger partial charge on any atom is -0.378 e. The molecule has 2 heterocycles. The highest BCUT2D eigenvalue weighted by atomic mass is 16.5. The van der Waals surface area contributed by atoms with E-state index in [-0.39, 0.29) is 12.2 Å². The number of aromatic nitrogens is 2. The van der Waals surface area contributed by atoms with Crippen LogP contribution < -0.4 is 4.90 Å². The molecule has 18 heavy (non-hydrogen) atoms. The van der Waals surface area contributed by atoms with Gasteiger partial charge in [-0.3, -0.25) is 4.79 Å². The van der Waals surface area contributed by atoms with Gasteiger partial charge in [-0.15, -0.1) is 0 Å². The van der Waals surface area contributed by atoms with Crippen molar-refractivity contribution in [2.75, 3.05) is 31.2 Å². The van der Waals surface area contributed by atoms with E-state index in [4.69, 9.17) is 9.26 Å². The second-order valence-corrected chi connectivity index (χ2v) is 4.90. The van der Waals surface area contributed by atoms with Crippen LogP contribution in [0.15, 0.2) is 4.52 Å². The van der Waals surface area contributed by atoms with Crippen molar-refractivity contribution in [3.05, 3.63) is 5.89 Å². The van der Waals surface area contributed by atoms with Crippen LogP contribution in [0.25, 0.3) is 0 Å². The minimum absolute atomic E-state index is 0.141. The van der Waals surface area contributed by atoms with E-state index < -0.39 is 0 Å². The number of carbonyl (C=O) groups excluding carboxylic acids is 1. The Morgan fingerprint density at radius 1 is 1.39 bits per heavy atom. The highest BCUT2D eigenvalue weighted by molar-refractivity contribution is 5.80. The standard InChI is InChI=1S/C12H19N3O3/c1-9(2)7-10(16)8-11-13-12(14-18-11)15-3-5-17-6-4-15/h9H,3-8H2,1-2H3. The molecule has 0 unspecified atom stereocenters. The number of ether oxygens (including phenoxy) is 1. The predicted octanol–water partition coefficient (Wildman–Crippen LogP) is 1.06. The molecule has 1 aromatic rings. The molecule has 6 nitrogen and oxygen atoms in total. The molecule has 1 fully saturated rings. The van der Waals surface area contributed by atoms with E-state index >= 15 is 0 Å².